The van der Waals surface area contributed by atoms with E-state index in [0.717, 1.165) is 19.6 Å². The molecule has 2 aromatic rings. The van der Waals surface area contributed by atoms with E-state index in [-0.39, 0.29) is 11.7 Å². The Balaban J connectivity index is 1.48. The zero-order chi connectivity index (χ0) is 18.5. The maximum atomic E-state index is 12.4. The second-order valence-corrected chi connectivity index (χ2v) is 6.48. The summed E-state index contributed by atoms with van der Waals surface area (Å²) in [5, 5.41) is 13.5. The summed E-state index contributed by atoms with van der Waals surface area (Å²) in [6.07, 6.45) is 0. The van der Waals surface area contributed by atoms with Gasteiger partial charge in [-0.05, 0) is 24.6 Å². The van der Waals surface area contributed by atoms with Crippen molar-refractivity contribution < 1.29 is 9.72 Å². The number of piperazine rings is 1. The Labute approximate surface area is 152 Å². The first-order valence-electron chi connectivity index (χ1n) is 8.59. The molecule has 3 rings (SSSR count). The smallest absolute Gasteiger partial charge is 0.321 e. The first-order chi connectivity index (χ1) is 12.5. The number of hydrogen-bond acceptors (Lipinski definition) is 4. The molecular weight excluding hydrogens is 332 g/mol. The van der Waals surface area contributed by atoms with Crippen molar-refractivity contribution in [2.24, 2.45) is 0 Å². The zero-order valence-electron chi connectivity index (χ0n) is 14.7. The molecule has 0 radical (unpaired) electrons. The first-order valence-corrected chi connectivity index (χ1v) is 8.59. The van der Waals surface area contributed by atoms with Gasteiger partial charge >= 0.3 is 6.03 Å². The molecule has 0 unspecified atom stereocenters. The second-order valence-electron chi connectivity index (χ2n) is 6.48. The SMILES string of the molecule is Cc1ccc(CN2CCN(C(=O)Nc3ccc([N+](=O)[O-])cc3)CC2)cc1. The lowest BCUT2D eigenvalue weighted by atomic mass is 10.1. The van der Waals surface area contributed by atoms with E-state index in [0.29, 0.717) is 18.8 Å². The van der Waals surface area contributed by atoms with Gasteiger partial charge in [0, 0.05) is 50.5 Å². The summed E-state index contributed by atoms with van der Waals surface area (Å²) in [5.41, 5.74) is 3.09. The number of urea groups is 1. The van der Waals surface area contributed by atoms with Gasteiger partial charge in [0.05, 0.1) is 4.92 Å². The van der Waals surface area contributed by atoms with Crippen molar-refractivity contribution in [3.8, 4) is 0 Å². The van der Waals surface area contributed by atoms with Crippen molar-refractivity contribution in [1.29, 1.82) is 0 Å². The highest BCUT2D eigenvalue weighted by molar-refractivity contribution is 5.89. The number of nitro benzene ring substituents is 1. The molecule has 26 heavy (non-hydrogen) atoms. The molecule has 7 nitrogen and oxygen atoms in total. The van der Waals surface area contributed by atoms with Gasteiger partial charge in [0.1, 0.15) is 0 Å². The van der Waals surface area contributed by atoms with Crippen LogP contribution in [0.3, 0.4) is 0 Å². The fourth-order valence-corrected chi connectivity index (χ4v) is 2.93. The van der Waals surface area contributed by atoms with E-state index in [1.807, 2.05) is 0 Å². The van der Waals surface area contributed by atoms with Crippen molar-refractivity contribution in [3.63, 3.8) is 0 Å². The van der Waals surface area contributed by atoms with Crippen LogP contribution in [-0.2, 0) is 6.54 Å². The first kappa shape index (κ1) is 17.9. The van der Waals surface area contributed by atoms with Crippen LogP contribution in [0.15, 0.2) is 48.5 Å². The third-order valence-corrected chi connectivity index (χ3v) is 4.52. The van der Waals surface area contributed by atoms with Gasteiger partial charge in [-0.15, -0.1) is 0 Å². The number of non-ortho nitro benzene ring substituents is 1. The van der Waals surface area contributed by atoms with Gasteiger partial charge < -0.3 is 10.2 Å². The van der Waals surface area contributed by atoms with E-state index in [4.69, 9.17) is 0 Å². The normalized spacial score (nSPS) is 14.9. The summed E-state index contributed by atoms with van der Waals surface area (Å²) in [7, 11) is 0. The van der Waals surface area contributed by atoms with E-state index >= 15 is 0 Å². The third kappa shape index (κ3) is 4.58. The molecule has 1 heterocycles. The summed E-state index contributed by atoms with van der Waals surface area (Å²) >= 11 is 0. The lowest BCUT2D eigenvalue weighted by molar-refractivity contribution is -0.384. The van der Waals surface area contributed by atoms with E-state index in [2.05, 4.69) is 41.4 Å². The highest BCUT2D eigenvalue weighted by Crippen LogP contribution is 2.16. The lowest BCUT2D eigenvalue weighted by Gasteiger charge is -2.34. The molecule has 1 fully saturated rings. The van der Waals surface area contributed by atoms with Gasteiger partial charge in [0.25, 0.3) is 5.69 Å². The number of carbonyl (C=O) groups is 1. The molecule has 2 amide bonds. The Morgan fingerprint density at radius 3 is 2.23 bits per heavy atom. The molecule has 0 atom stereocenters. The quantitative estimate of drug-likeness (QED) is 0.675. The van der Waals surface area contributed by atoms with Gasteiger partial charge in [0.2, 0.25) is 0 Å². The van der Waals surface area contributed by atoms with Crippen molar-refractivity contribution in [1.82, 2.24) is 9.80 Å². The minimum Gasteiger partial charge on any atom is -0.322 e. The Bertz CT molecular complexity index is 766. The van der Waals surface area contributed by atoms with Gasteiger partial charge in [-0.1, -0.05) is 29.8 Å². The highest BCUT2D eigenvalue weighted by atomic mass is 16.6. The van der Waals surface area contributed by atoms with Crippen LogP contribution in [0.4, 0.5) is 16.2 Å². The van der Waals surface area contributed by atoms with Gasteiger partial charge in [-0.25, -0.2) is 4.79 Å². The molecule has 0 saturated carbocycles. The summed E-state index contributed by atoms with van der Waals surface area (Å²) < 4.78 is 0. The van der Waals surface area contributed by atoms with Crippen LogP contribution in [0.2, 0.25) is 0 Å². The minimum absolute atomic E-state index is 0.00715. The van der Waals surface area contributed by atoms with E-state index in [9.17, 15) is 14.9 Å². The summed E-state index contributed by atoms with van der Waals surface area (Å²) in [5.74, 6) is 0. The van der Waals surface area contributed by atoms with E-state index < -0.39 is 4.92 Å². The molecule has 2 aromatic carbocycles. The molecular formula is C19H22N4O3. The number of nitrogens with one attached hydrogen (secondary N) is 1. The number of anilines is 1. The number of nitrogens with zero attached hydrogens (tertiary/aromatic N) is 3. The predicted molar refractivity (Wildman–Crippen MR) is 100 cm³/mol. The van der Waals surface area contributed by atoms with Crippen LogP contribution in [0.25, 0.3) is 0 Å². The Morgan fingerprint density at radius 2 is 1.65 bits per heavy atom. The Hall–Kier alpha value is -2.93. The summed E-state index contributed by atoms with van der Waals surface area (Å²) in [6.45, 7) is 5.92. The van der Waals surface area contributed by atoms with Crippen LogP contribution < -0.4 is 5.32 Å². The average Bonchev–Trinajstić information content (AvgIpc) is 2.64. The minimum atomic E-state index is -0.459. The molecule has 1 aliphatic heterocycles. The molecule has 0 spiro atoms. The molecule has 0 aliphatic carbocycles. The standard InChI is InChI=1S/C19H22N4O3/c1-15-2-4-16(5-3-15)14-21-10-12-22(13-11-21)19(24)20-17-6-8-18(9-7-17)23(25)26/h2-9H,10-14H2,1H3,(H,20,24). The average molecular weight is 354 g/mol. The molecule has 0 bridgehead atoms. The maximum Gasteiger partial charge on any atom is 0.321 e. The fraction of sp³-hybridized carbons (Fsp3) is 0.316. The van der Waals surface area contributed by atoms with Crippen molar-refractivity contribution in [2.75, 3.05) is 31.5 Å². The molecule has 0 aromatic heterocycles. The number of benzene rings is 2. The highest BCUT2D eigenvalue weighted by Gasteiger charge is 2.21. The van der Waals surface area contributed by atoms with Gasteiger partial charge in [0.15, 0.2) is 0 Å². The number of hydrogen-bond donors (Lipinski definition) is 1. The number of aryl methyl sites for hydroxylation is 1. The lowest BCUT2D eigenvalue weighted by Crippen LogP contribution is -2.49. The molecule has 1 aliphatic rings. The van der Waals surface area contributed by atoms with Crippen LogP contribution >= 0.6 is 0 Å². The monoisotopic (exact) mass is 354 g/mol. The number of amides is 2. The molecule has 136 valence electrons. The largest absolute Gasteiger partial charge is 0.322 e. The predicted octanol–water partition coefficient (Wildman–Crippen LogP) is 3.25. The fourth-order valence-electron chi connectivity index (χ4n) is 2.93. The number of carbonyl (C=O) groups excluding carboxylic acids is 1. The summed E-state index contributed by atoms with van der Waals surface area (Å²) in [6, 6.07) is 14.2. The third-order valence-electron chi connectivity index (χ3n) is 4.52. The molecule has 1 N–H and O–H groups in total. The van der Waals surface area contributed by atoms with Gasteiger partial charge in [-0.3, -0.25) is 15.0 Å². The van der Waals surface area contributed by atoms with Crippen LogP contribution in [-0.4, -0.2) is 46.9 Å². The zero-order valence-corrected chi connectivity index (χ0v) is 14.7. The van der Waals surface area contributed by atoms with Crippen LogP contribution in [0, 0.1) is 17.0 Å². The van der Waals surface area contributed by atoms with E-state index in [1.54, 1.807) is 17.0 Å². The summed E-state index contributed by atoms with van der Waals surface area (Å²) in [4.78, 5) is 26.7. The maximum absolute atomic E-state index is 12.4. The van der Waals surface area contributed by atoms with Crippen LogP contribution in [0.5, 0.6) is 0 Å². The topological polar surface area (TPSA) is 78.7 Å². The second kappa shape index (κ2) is 7.97. The van der Waals surface area contributed by atoms with Crippen molar-refractivity contribution >= 4 is 17.4 Å². The molecule has 1 saturated heterocycles. The number of rotatable bonds is 4. The van der Waals surface area contributed by atoms with Crippen molar-refractivity contribution in [3.05, 3.63) is 69.8 Å². The van der Waals surface area contributed by atoms with E-state index in [1.165, 1.54) is 23.3 Å². The van der Waals surface area contributed by atoms with Crippen LogP contribution in [0.1, 0.15) is 11.1 Å². The Morgan fingerprint density at radius 1 is 1.04 bits per heavy atom. The van der Waals surface area contributed by atoms with Crippen molar-refractivity contribution in [2.45, 2.75) is 13.5 Å². The van der Waals surface area contributed by atoms with Gasteiger partial charge in [-0.2, -0.15) is 0 Å². The molecule has 7 heteroatoms. The number of nitro groups is 1. The Kier molecular flexibility index (Phi) is 5.48.